The summed E-state index contributed by atoms with van der Waals surface area (Å²) in [5.74, 6) is 0. The van der Waals surface area contributed by atoms with Crippen LogP contribution in [0.1, 0.15) is 22.0 Å². The molecule has 0 saturated carbocycles. The van der Waals surface area contributed by atoms with E-state index in [4.69, 9.17) is 11.6 Å². The molecule has 0 bridgehead atoms. The monoisotopic (exact) mass is 343 g/mol. The van der Waals surface area contributed by atoms with Gasteiger partial charge in [0.05, 0.1) is 4.34 Å². The smallest absolute Gasteiger partial charge is 0.0931 e. The Hall–Kier alpha value is -0.350. The molecular formula is C14H15BrClNS. The molecule has 0 fully saturated rings. The lowest BCUT2D eigenvalue weighted by Gasteiger charge is -2.18. The lowest BCUT2D eigenvalue weighted by molar-refractivity contribution is 0.594. The van der Waals surface area contributed by atoms with E-state index in [1.165, 1.54) is 16.0 Å². The Morgan fingerprint density at radius 2 is 2.11 bits per heavy atom. The SMILES string of the molecule is CNC(Cc1ccc(Cl)s1)c1cc(C)ccc1Br. The summed E-state index contributed by atoms with van der Waals surface area (Å²) in [6, 6.07) is 10.8. The first kappa shape index (κ1) is 14.1. The van der Waals surface area contributed by atoms with Gasteiger partial charge in [0.15, 0.2) is 0 Å². The molecule has 1 heterocycles. The summed E-state index contributed by atoms with van der Waals surface area (Å²) in [6.07, 6.45) is 0.954. The van der Waals surface area contributed by atoms with Gasteiger partial charge in [-0.15, -0.1) is 11.3 Å². The van der Waals surface area contributed by atoms with Gasteiger partial charge in [0.2, 0.25) is 0 Å². The molecule has 4 heteroatoms. The minimum Gasteiger partial charge on any atom is -0.313 e. The largest absolute Gasteiger partial charge is 0.313 e. The predicted octanol–water partition coefficient (Wildman–Crippen LogP) is 4.98. The van der Waals surface area contributed by atoms with Gasteiger partial charge in [-0.2, -0.15) is 0 Å². The van der Waals surface area contributed by atoms with Crippen molar-refractivity contribution in [3.8, 4) is 0 Å². The second-order valence-corrected chi connectivity index (χ2v) is 6.93. The van der Waals surface area contributed by atoms with Gasteiger partial charge in [-0.05, 0) is 37.7 Å². The van der Waals surface area contributed by atoms with Crippen molar-refractivity contribution in [2.45, 2.75) is 19.4 Å². The highest BCUT2D eigenvalue weighted by Crippen LogP contribution is 2.30. The van der Waals surface area contributed by atoms with Crippen LogP contribution in [-0.4, -0.2) is 7.05 Å². The van der Waals surface area contributed by atoms with Crippen molar-refractivity contribution in [1.82, 2.24) is 5.32 Å². The molecule has 0 aliphatic heterocycles. The Labute approximate surface area is 125 Å². The Kier molecular flexibility index (Phi) is 4.84. The molecule has 18 heavy (non-hydrogen) atoms. The normalized spacial score (nSPS) is 12.7. The molecule has 1 N–H and O–H groups in total. The molecule has 1 aromatic carbocycles. The summed E-state index contributed by atoms with van der Waals surface area (Å²) in [7, 11) is 1.99. The summed E-state index contributed by atoms with van der Waals surface area (Å²) in [6.45, 7) is 2.12. The quantitative estimate of drug-likeness (QED) is 0.825. The molecule has 2 aromatic rings. The number of hydrogen-bond acceptors (Lipinski definition) is 2. The molecule has 0 aliphatic carbocycles. The van der Waals surface area contributed by atoms with Crippen molar-refractivity contribution >= 4 is 38.9 Å². The number of thiophene rings is 1. The molecule has 2 rings (SSSR count). The average molecular weight is 345 g/mol. The molecule has 0 amide bonds. The van der Waals surface area contributed by atoms with Crippen LogP contribution in [-0.2, 0) is 6.42 Å². The van der Waals surface area contributed by atoms with Crippen molar-refractivity contribution < 1.29 is 0 Å². The highest BCUT2D eigenvalue weighted by molar-refractivity contribution is 9.10. The van der Waals surface area contributed by atoms with E-state index in [9.17, 15) is 0 Å². The van der Waals surface area contributed by atoms with Gasteiger partial charge in [0.25, 0.3) is 0 Å². The number of halogens is 2. The van der Waals surface area contributed by atoms with Crippen molar-refractivity contribution in [2.75, 3.05) is 7.05 Å². The standard InChI is InChI=1S/C14H15BrClNS/c1-9-3-5-12(15)11(7-9)13(17-2)8-10-4-6-14(16)18-10/h3-7,13,17H,8H2,1-2H3. The van der Waals surface area contributed by atoms with Crippen LogP contribution in [0.3, 0.4) is 0 Å². The van der Waals surface area contributed by atoms with E-state index in [-0.39, 0.29) is 0 Å². The number of rotatable bonds is 4. The summed E-state index contributed by atoms with van der Waals surface area (Å²) in [4.78, 5) is 1.30. The highest BCUT2D eigenvalue weighted by Gasteiger charge is 2.14. The zero-order valence-electron chi connectivity index (χ0n) is 10.3. The molecule has 1 nitrogen and oxygen atoms in total. The van der Waals surface area contributed by atoms with Crippen molar-refractivity contribution in [1.29, 1.82) is 0 Å². The minimum atomic E-state index is 0.300. The van der Waals surface area contributed by atoms with Crippen molar-refractivity contribution in [2.24, 2.45) is 0 Å². The molecule has 0 radical (unpaired) electrons. The number of aryl methyl sites for hydroxylation is 1. The van der Waals surface area contributed by atoms with Crippen LogP contribution in [0.4, 0.5) is 0 Å². The lowest BCUT2D eigenvalue weighted by atomic mass is 10.0. The topological polar surface area (TPSA) is 12.0 Å². The summed E-state index contributed by atoms with van der Waals surface area (Å²) < 4.78 is 2.00. The summed E-state index contributed by atoms with van der Waals surface area (Å²) in [5, 5.41) is 3.38. The zero-order chi connectivity index (χ0) is 13.1. The maximum atomic E-state index is 5.98. The summed E-state index contributed by atoms with van der Waals surface area (Å²) >= 11 is 11.3. The lowest BCUT2D eigenvalue weighted by Crippen LogP contribution is -2.19. The number of likely N-dealkylation sites (N-methyl/N-ethyl adjacent to an activating group) is 1. The third kappa shape index (κ3) is 3.35. The molecule has 0 spiro atoms. The second-order valence-electron chi connectivity index (χ2n) is 4.28. The van der Waals surface area contributed by atoms with Crippen LogP contribution in [0.2, 0.25) is 4.34 Å². The number of nitrogens with one attached hydrogen (secondary N) is 1. The maximum absolute atomic E-state index is 5.98. The molecule has 96 valence electrons. The van der Waals surface area contributed by atoms with E-state index >= 15 is 0 Å². The fraction of sp³-hybridized carbons (Fsp3) is 0.286. The van der Waals surface area contributed by atoms with Crippen LogP contribution < -0.4 is 5.32 Å². The Bertz CT molecular complexity index is 538. The average Bonchev–Trinajstić information content (AvgIpc) is 2.75. The van der Waals surface area contributed by atoms with Gasteiger partial charge in [0.1, 0.15) is 0 Å². The highest BCUT2D eigenvalue weighted by atomic mass is 79.9. The molecule has 1 unspecified atom stereocenters. The van der Waals surface area contributed by atoms with Gasteiger partial charge in [0, 0.05) is 21.8 Å². The van der Waals surface area contributed by atoms with Crippen LogP contribution in [0.15, 0.2) is 34.8 Å². The van der Waals surface area contributed by atoms with Gasteiger partial charge in [-0.25, -0.2) is 0 Å². The van der Waals surface area contributed by atoms with Crippen molar-refractivity contribution in [3.05, 3.63) is 55.1 Å². The van der Waals surface area contributed by atoms with E-state index in [0.717, 1.165) is 15.2 Å². The summed E-state index contributed by atoms with van der Waals surface area (Å²) in [5.41, 5.74) is 2.57. The minimum absolute atomic E-state index is 0.300. The van der Waals surface area contributed by atoms with Crippen molar-refractivity contribution in [3.63, 3.8) is 0 Å². The van der Waals surface area contributed by atoms with Gasteiger partial charge in [-0.3, -0.25) is 0 Å². The molecule has 0 aliphatic rings. The van der Waals surface area contributed by atoms with Crippen LogP contribution in [0.25, 0.3) is 0 Å². The van der Waals surface area contributed by atoms with Crippen LogP contribution >= 0.6 is 38.9 Å². The van der Waals surface area contributed by atoms with Crippen LogP contribution in [0.5, 0.6) is 0 Å². The maximum Gasteiger partial charge on any atom is 0.0931 e. The molecule has 0 saturated heterocycles. The van der Waals surface area contributed by atoms with E-state index in [0.29, 0.717) is 6.04 Å². The molecule has 1 atom stereocenters. The third-order valence-corrected chi connectivity index (χ3v) is 4.89. The number of hydrogen-bond donors (Lipinski definition) is 1. The van der Waals surface area contributed by atoms with Gasteiger partial charge >= 0.3 is 0 Å². The predicted molar refractivity (Wildman–Crippen MR) is 83.7 cm³/mol. The zero-order valence-corrected chi connectivity index (χ0v) is 13.5. The molecule has 1 aromatic heterocycles. The number of benzene rings is 1. The fourth-order valence-corrected chi connectivity index (χ4v) is 3.62. The molecular weight excluding hydrogens is 330 g/mol. The Morgan fingerprint density at radius 1 is 1.33 bits per heavy atom. The third-order valence-electron chi connectivity index (χ3n) is 2.91. The Morgan fingerprint density at radius 3 is 2.72 bits per heavy atom. The van der Waals surface area contributed by atoms with Crippen LogP contribution in [0, 0.1) is 6.92 Å². The van der Waals surface area contributed by atoms with Gasteiger partial charge < -0.3 is 5.32 Å². The van der Waals surface area contributed by atoms with Gasteiger partial charge in [-0.1, -0.05) is 45.2 Å². The first-order valence-electron chi connectivity index (χ1n) is 5.77. The second kappa shape index (κ2) is 6.20. The first-order valence-corrected chi connectivity index (χ1v) is 7.76. The first-order chi connectivity index (χ1) is 8.60. The van der Waals surface area contributed by atoms with E-state index < -0.39 is 0 Å². The van der Waals surface area contributed by atoms with E-state index in [2.05, 4.69) is 52.4 Å². The Balaban J connectivity index is 2.25. The fourth-order valence-electron chi connectivity index (χ4n) is 1.96. The van der Waals surface area contributed by atoms with E-state index in [1.807, 2.05) is 13.1 Å². The van der Waals surface area contributed by atoms with E-state index in [1.54, 1.807) is 11.3 Å².